The Balaban J connectivity index is 1.62. The van der Waals surface area contributed by atoms with Crippen LogP contribution in [0.5, 0.6) is 5.75 Å². The van der Waals surface area contributed by atoms with Gasteiger partial charge in [-0.1, -0.05) is 26.0 Å². The van der Waals surface area contributed by atoms with Crippen molar-refractivity contribution in [2.24, 2.45) is 0 Å². The highest BCUT2D eigenvalue weighted by Crippen LogP contribution is 2.43. The van der Waals surface area contributed by atoms with Gasteiger partial charge in [0.1, 0.15) is 11.8 Å². The predicted molar refractivity (Wildman–Crippen MR) is 148 cm³/mol. The minimum absolute atomic E-state index is 0.188. The Morgan fingerprint density at radius 2 is 1.89 bits per heavy atom. The molecule has 7 nitrogen and oxygen atoms in total. The van der Waals surface area contributed by atoms with E-state index in [-0.39, 0.29) is 6.10 Å². The molecule has 4 rings (SSSR count). The molecule has 1 aromatic heterocycles. The summed E-state index contributed by atoms with van der Waals surface area (Å²) in [6.07, 6.45) is 3.69. The van der Waals surface area contributed by atoms with Crippen LogP contribution in [-0.2, 0) is 4.74 Å². The molecule has 0 radical (unpaired) electrons. The first-order valence-corrected chi connectivity index (χ1v) is 13.5. The van der Waals surface area contributed by atoms with Gasteiger partial charge in [0.15, 0.2) is 0 Å². The second kappa shape index (κ2) is 12.2. The Kier molecular flexibility index (Phi) is 8.73. The molecule has 2 aromatic carbocycles. The van der Waals surface area contributed by atoms with Crippen molar-refractivity contribution in [1.82, 2.24) is 9.47 Å². The van der Waals surface area contributed by atoms with Crippen LogP contribution in [-0.4, -0.2) is 47.9 Å². The third-order valence-electron chi connectivity index (χ3n) is 7.06. The number of aromatic nitrogens is 1. The van der Waals surface area contributed by atoms with Crippen LogP contribution >= 0.6 is 0 Å². The lowest BCUT2D eigenvalue weighted by Gasteiger charge is -2.30. The molecule has 0 saturated heterocycles. The maximum atomic E-state index is 12.0. The van der Waals surface area contributed by atoms with Crippen LogP contribution in [0.1, 0.15) is 65.0 Å². The molecule has 0 spiro atoms. The monoisotopic (exact) mass is 502 g/mol. The topological polar surface area (TPSA) is 79.5 Å². The molecule has 0 atom stereocenters. The molecule has 1 amide bonds. The van der Waals surface area contributed by atoms with E-state index in [1.807, 2.05) is 50.2 Å². The summed E-state index contributed by atoms with van der Waals surface area (Å²) in [6, 6.07) is 16.5. The van der Waals surface area contributed by atoms with Gasteiger partial charge in [-0.15, -0.1) is 0 Å². The minimum Gasteiger partial charge on any atom is -0.493 e. The Bertz CT molecular complexity index is 1250. The van der Waals surface area contributed by atoms with E-state index in [9.17, 15) is 10.1 Å². The van der Waals surface area contributed by atoms with Crippen molar-refractivity contribution in [2.45, 2.75) is 65.5 Å². The van der Waals surface area contributed by atoms with Crippen LogP contribution in [0.3, 0.4) is 0 Å². The van der Waals surface area contributed by atoms with Crippen molar-refractivity contribution in [3.63, 3.8) is 0 Å². The molecule has 7 heteroatoms. The summed E-state index contributed by atoms with van der Waals surface area (Å²) in [4.78, 5) is 14.4. The van der Waals surface area contributed by atoms with E-state index < -0.39 is 6.09 Å². The second-order valence-corrected chi connectivity index (χ2v) is 9.85. The zero-order valence-electron chi connectivity index (χ0n) is 22.4. The summed E-state index contributed by atoms with van der Waals surface area (Å²) >= 11 is 0. The van der Waals surface area contributed by atoms with Gasteiger partial charge in [-0.25, -0.2) is 4.79 Å². The van der Waals surface area contributed by atoms with E-state index in [4.69, 9.17) is 9.47 Å². The normalized spacial score (nSPS) is 13.5. The standard InChI is InChI=1S/C30H38N4O3/c1-5-33(6-2)17-8-18-36-25-15-16-26-27(20-31)29(34(28(26)19-25)24-9-7-10-24)22-11-13-23(14-12-22)32-30(35)37-21(3)4/h11-16,19,21,24H,5-10,17-18H2,1-4H3,(H,32,35). The first-order chi connectivity index (χ1) is 17.9. The fourth-order valence-electron chi connectivity index (χ4n) is 4.89. The fourth-order valence-corrected chi connectivity index (χ4v) is 4.89. The largest absolute Gasteiger partial charge is 0.493 e. The molecular formula is C30H38N4O3. The molecule has 37 heavy (non-hydrogen) atoms. The summed E-state index contributed by atoms with van der Waals surface area (Å²) in [5.41, 5.74) is 4.25. The number of carbonyl (C=O) groups excluding carboxylic acids is 1. The van der Waals surface area contributed by atoms with Crippen LogP contribution in [0, 0.1) is 11.3 Å². The lowest BCUT2D eigenvalue weighted by Crippen LogP contribution is -2.25. The number of fused-ring (bicyclic) bond motifs is 1. The summed E-state index contributed by atoms with van der Waals surface area (Å²) in [6.45, 7) is 11.8. The summed E-state index contributed by atoms with van der Waals surface area (Å²) < 4.78 is 13.6. The van der Waals surface area contributed by atoms with Gasteiger partial charge in [0.2, 0.25) is 0 Å². The quantitative estimate of drug-likeness (QED) is 0.286. The number of rotatable bonds is 11. The zero-order chi connectivity index (χ0) is 26.4. The maximum absolute atomic E-state index is 12.0. The average Bonchev–Trinajstić information content (AvgIpc) is 3.16. The Morgan fingerprint density at radius 3 is 2.49 bits per heavy atom. The van der Waals surface area contributed by atoms with E-state index in [1.165, 1.54) is 6.42 Å². The van der Waals surface area contributed by atoms with Crippen molar-refractivity contribution in [3.05, 3.63) is 48.0 Å². The van der Waals surface area contributed by atoms with E-state index in [2.05, 4.69) is 40.8 Å². The number of carbonyl (C=O) groups is 1. The Hall–Kier alpha value is -3.50. The zero-order valence-corrected chi connectivity index (χ0v) is 22.4. The number of hydrogen-bond donors (Lipinski definition) is 1. The summed E-state index contributed by atoms with van der Waals surface area (Å²) in [5.74, 6) is 0.837. The van der Waals surface area contributed by atoms with Gasteiger partial charge in [0.25, 0.3) is 0 Å². The lowest BCUT2D eigenvalue weighted by molar-refractivity contribution is 0.130. The molecule has 0 aliphatic heterocycles. The maximum Gasteiger partial charge on any atom is 0.411 e. The molecular weight excluding hydrogens is 464 g/mol. The van der Waals surface area contributed by atoms with E-state index >= 15 is 0 Å². The fraction of sp³-hybridized carbons (Fsp3) is 0.467. The van der Waals surface area contributed by atoms with Gasteiger partial charge in [-0.05, 0) is 82.4 Å². The summed E-state index contributed by atoms with van der Waals surface area (Å²) in [5, 5.41) is 13.9. The van der Waals surface area contributed by atoms with Gasteiger partial charge in [0.05, 0.1) is 29.5 Å². The highest BCUT2D eigenvalue weighted by Gasteiger charge is 2.28. The highest BCUT2D eigenvalue weighted by atomic mass is 16.6. The van der Waals surface area contributed by atoms with E-state index in [1.54, 1.807) is 0 Å². The van der Waals surface area contributed by atoms with E-state index in [0.29, 0.717) is 23.9 Å². The van der Waals surface area contributed by atoms with Crippen molar-refractivity contribution in [3.8, 4) is 23.1 Å². The molecule has 1 N–H and O–H groups in total. The number of ether oxygens (including phenoxy) is 2. The number of nitrogens with one attached hydrogen (secondary N) is 1. The van der Waals surface area contributed by atoms with Gasteiger partial charge in [0, 0.05) is 29.7 Å². The van der Waals surface area contributed by atoms with Crippen molar-refractivity contribution in [2.75, 3.05) is 31.6 Å². The third-order valence-corrected chi connectivity index (χ3v) is 7.06. The van der Waals surface area contributed by atoms with Crippen LogP contribution in [0.2, 0.25) is 0 Å². The molecule has 1 fully saturated rings. The average molecular weight is 503 g/mol. The van der Waals surface area contributed by atoms with Crippen molar-refractivity contribution < 1.29 is 14.3 Å². The molecule has 0 bridgehead atoms. The number of anilines is 1. The lowest BCUT2D eigenvalue weighted by atomic mass is 9.92. The second-order valence-electron chi connectivity index (χ2n) is 9.85. The Labute approximate surface area is 220 Å². The van der Waals surface area contributed by atoms with Crippen molar-refractivity contribution >= 4 is 22.7 Å². The highest BCUT2D eigenvalue weighted by molar-refractivity contribution is 5.96. The first kappa shape index (κ1) is 26.6. The number of benzene rings is 2. The first-order valence-electron chi connectivity index (χ1n) is 13.5. The van der Waals surface area contributed by atoms with Crippen LogP contribution in [0.4, 0.5) is 10.5 Å². The molecule has 3 aromatic rings. The van der Waals surface area contributed by atoms with Crippen LogP contribution < -0.4 is 10.1 Å². The molecule has 1 heterocycles. The molecule has 1 aliphatic rings. The van der Waals surface area contributed by atoms with Gasteiger partial charge < -0.3 is 18.9 Å². The number of amides is 1. The van der Waals surface area contributed by atoms with Gasteiger partial charge >= 0.3 is 6.09 Å². The SMILES string of the molecule is CCN(CC)CCCOc1ccc2c(C#N)c(-c3ccc(NC(=O)OC(C)C)cc3)n(C3CCC3)c2c1. The van der Waals surface area contributed by atoms with Crippen LogP contribution in [0.25, 0.3) is 22.2 Å². The number of hydrogen-bond acceptors (Lipinski definition) is 5. The number of nitrogens with zero attached hydrogens (tertiary/aromatic N) is 3. The third kappa shape index (κ3) is 6.08. The smallest absolute Gasteiger partial charge is 0.411 e. The summed E-state index contributed by atoms with van der Waals surface area (Å²) in [7, 11) is 0. The number of nitriles is 1. The molecule has 0 unspecified atom stereocenters. The van der Waals surface area contributed by atoms with E-state index in [0.717, 1.165) is 66.8 Å². The Morgan fingerprint density at radius 1 is 1.16 bits per heavy atom. The molecule has 1 aliphatic carbocycles. The van der Waals surface area contributed by atoms with Gasteiger partial charge in [-0.2, -0.15) is 5.26 Å². The van der Waals surface area contributed by atoms with Crippen LogP contribution in [0.15, 0.2) is 42.5 Å². The molecule has 1 saturated carbocycles. The van der Waals surface area contributed by atoms with Gasteiger partial charge in [-0.3, -0.25) is 5.32 Å². The molecule has 196 valence electrons. The minimum atomic E-state index is -0.478. The van der Waals surface area contributed by atoms with Crippen molar-refractivity contribution in [1.29, 1.82) is 5.26 Å². The predicted octanol–water partition coefficient (Wildman–Crippen LogP) is 6.97.